The van der Waals surface area contributed by atoms with Crippen molar-refractivity contribution >= 4 is 0 Å². The molecule has 1 heterocycles. The van der Waals surface area contributed by atoms with Gasteiger partial charge < -0.3 is 4.74 Å². The molecule has 2 fully saturated rings. The molecule has 3 heteroatoms. The van der Waals surface area contributed by atoms with Gasteiger partial charge in [0.05, 0.1) is 24.2 Å². The Hall–Kier alpha value is -1.37. The lowest BCUT2D eigenvalue weighted by atomic mass is 9.99. The average Bonchev–Trinajstić information content (AvgIpc) is 3.21. The van der Waals surface area contributed by atoms with Crippen molar-refractivity contribution in [3.05, 3.63) is 35.9 Å². The van der Waals surface area contributed by atoms with Crippen LogP contribution in [0.5, 0.6) is 0 Å². The monoisotopic (exact) mass is 242 g/mol. The van der Waals surface area contributed by atoms with Gasteiger partial charge in [-0.15, -0.1) is 0 Å². The van der Waals surface area contributed by atoms with E-state index in [2.05, 4.69) is 35.2 Å². The first kappa shape index (κ1) is 11.7. The van der Waals surface area contributed by atoms with E-state index < -0.39 is 0 Å². The summed E-state index contributed by atoms with van der Waals surface area (Å²) in [6.45, 7) is 3.57. The van der Waals surface area contributed by atoms with Crippen LogP contribution in [0.1, 0.15) is 18.4 Å². The van der Waals surface area contributed by atoms with E-state index in [0.717, 1.165) is 39.1 Å². The highest BCUT2D eigenvalue weighted by Gasteiger charge is 2.52. The molecule has 3 rings (SSSR count). The topological polar surface area (TPSA) is 36.3 Å². The van der Waals surface area contributed by atoms with Crippen molar-refractivity contribution in [1.29, 1.82) is 5.26 Å². The summed E-state index contributed by atoms with van der Waals surface area (Å²) in [5.41, 5.74) is 1.16. The molecule has 0 radical (unpaired) electrons. The summed E-state index contributed by atoms with van der Waals surface area (Å²) in [6.07, 6.45) is 2.13. The molecule has 1 atom stereocenters. The fraction of sp³-hybridized carbons (Fsp3) is 0.533. The molecule has 2 aliphatic rings. The minimum atomic E-state index is -0.171. The molecular weight excluding hydrogens is 224 g/mol. The zero-order chi connectivity index (χ0) is 12.4. The van der Waals surface area contributed by atoms with Gasteiger partial charge in [0.25, 0.3) is 0 Å². The van der Waals surface area contributed by atoms with Crippen LogP contribution in [0.4, 0.5) is 0 Å². The van der Waals surface area contributed by atoms with Gasteiger partial charge in [0.2, 0.25) is 0 Å². The Morgan fingerprint density at radius 1 is 1.33 bits per heavy atom. The van der Waals surface area contributed by atoms with Crippen LogP contribution in [0.25, 0.3) is 0 Å². The number of rotatable bonds is 3. The first-order valence-corrected chi connectivity index (χ1v) is 6.61. The first-order chi connectivity index (χ1) is 8.82. The fourth-order valence-electron chi connectivity index (χ4n) is 2.66. The Bertz CT molecular complexity index is 447. The maximum Gasteiger partial charge on any atom is 0.0888 e. The van der Waals surface area contributed by atoms with Crippen LogP contribution in [0.3, 0.4) is 0 Å². The van der Waals surface area contributed by atoms with Crippen LogP contribution in [-0.4, -0.2) is 30.7 Å². The summed E-state index contributed by atoms with van der Waals surface area (Å²) in [4.78, 5) is 2.40. The molecule has 1 aromatic rings. The molecule has 1 saturated heterocycles. The lowest BCUT2D eigenvalue weighted by Gasteiger charge is -2.35. The summed E-state index contributed by atoms with van der Waals surface area (Å²) in [5, 5.41) is 9.24. The standard InChI is InChI=1S/C15H18N2O/c16-12-15(6-7-15)14-11-17(8-9-18-14)10-13-4-2-1-3-5-13/h1-5,14H,6-11H2. The summed E-state index contributed by atoms with van der Waals surface area (Å²) in [7, 11) is 0. The number of nitrogens with zero attached hydrogens (tertiary/aromatic N) is 2. The van der Waals surface area contributed by atoms with Crippen molar-refractivity contribution in [2.24, 2.45) is 5.41 Å². The summed E-state index contributed by atoms with van der Waals surface area (Å²) < 4.78 is 5.80. The number of benzene rings is 1. The van der Waals surface area contributed by atoms with E-state index in [1.165, 1.54) is 5.56 Å². The molecule has 1 aromatic carbocycles. The average molecular weight is 242 g/mol. The Balaban J connectivity index is 1.63. The van der Waals surface area contributed by atoms with Gasteiger partial charge in [-0.1, -0.05) is 30.3 Å². The van der Waals surface area contributed by atoms with E-state index >= 15 is 0 Å². The minimum absolute atomic E-state index is 0.111. The van der Waals surface area contributed by atoms with Crippen LogP contribution >= 0.6 is 0 Å². The third kappa shape index (κ3) is 2.27. The van der Waals surface area contributed by atoms with Gasteiger partial charge in [0.1, 0.15) is 0 Å². The highest BCUT2D eigenvalue weighted by Crippen LogP contribution is 2.50. The molecule has 0 amide bonds. The Morgan fingerprint density at radius 3 is 2.78 bits per heavy atom. The van der Waals surface area contributed by atoms with E-state index in [1.807, 2.05) is 6.07 Å². The highest BCUT2D eigenvalue weighted by molar-refractivity contribution is 5.17. The fourth-order valence-corrected chi connectivity index (χ4v) is 2.66. The second-order valence-electron chi connectivity index (χ2n) is 5.35. The van der Waals surface area contributed by atoms with Crippen molar-refractivity contribution in [2.45, 2.75) is 25.5 Å². The Kier molecular flexibility index (Phi) is 3.07. The third-order valence-electron chi connectivity index (χ3n) is 4.03. The van der Waals surface area contributed by atoms with Crippen molar-refractivity contribution in [3.8, 4) is 6.07 Å². The van der Waals surface area contributed by atoms with Gasteiger partial charge >= 0.3 is 0 Å². The van der Waals surface area contributed by atoms with Gasteiger partial charge in [0, 0.05) is 19.6 Å². The summed E-state index contributed by atoms with van der Waals surface area (Å²) in [5.74, 6) is 0. The highest BCUT2D eigenvalue weighted by atomic mass is 16.5. The predicted molar refractivity (Wildman–Crippen MR) is 68.7 cm³/mol. The maximum absolute atomic E-state index is 9.24. The van der Waals surface area contributed by atoms with E-state index in [0.29, 0.717) is 0 Å². The normalized spacial score (nSPS) is 26.5. The molecule has 0 bridgehead atoms. The van der Waals surface area contributed by atoms with Crippen LogP contribution in [0.15, 0.2) is 30.3 Å². The van der Waals surface area contributed by atoms with Crippen LogP contribution in [-0.2, 0) is 11.3 Å². The molecule has 1 aliphatic carbocycles. The summed E-state index contributed by atoms with van der Waals surface area (Å²) >= 11 is 0. The smallest absolute Gasteiger partial charge is 0.0888 e. The van der Waals surface area contributed by atoms with E-state index in [1.54, 1.807) is 0 Å². The molecular formula is C15H18N2O. The second kappa shape index (κ2) is 4.72. The quantitative estimate of drug-likeness (QED) is 0.815. The maximum atomic E-state index is 9.24. The Morgan fingerprint density at radius 2 is 2.11 bits per heavy atom. The van der Waals surface area contributed by atoms with Gasteiger partial charge in [-0.2, -0.15) is 5.26 Å². The van der Waals surface area contributed by atoms with E-state index in [4.69, 9.17) is 4.74 Å². The van der Waals surface area contributed by atoms with Crippen LogP contribution in [0, 0.1) is 16.7 Å². The predicted octanol–water partition coefficient (Wildman–Crippen LogP) is 2.19. The number of nitriles is 1. The third-order valence-corrected chi connectivity index (χ3v) is 4.03. The molecule has 0 aromatic heterocycles. The van der Waals surface area contributed by atoms with E-state index in [-0.39, 0.29) is 11.5 Å². The first-order valence-electron chi connectivity index (χ1n) is 6.61. The lowest BCUT2D eigenvalue weighted by Crippen LogP contribution is -2.45. The number of morpholine rings is 1. The van der Waals surface area contributed by atoms with Crippen LogP contribution < -0.4 is 0 Å². The minimum Gasteiger partial charge on any atom is -0.374 e. The molecule has 1 aliphatic heterocycles. The van der Waals surface area contributed by atoms with Crippen molar-refractivity contribution < 1.29 is 4.74 Å². The number of ether oxygens (including phenoxy) is 1. The van der Waals surface area contributed by atoms with Crippen molar-refractivity contribution in [1.82, 2.24) is 4.90 Å². The molecule has 1 saturated carbocycles. The van der Waals surface area contributed by atoms with Gasteiger partial charge in [-0.05, 0) is 18.4 Å². The SMILES string of the molecule is N#CC1(C2CN(Cc3ccccc3)CCO2)CC1. The molecule has 0 spiro atoms. The number of hydrogen-bond donors (Lipinski definition) is 0. The summed E-state index contributed by atoms with van der Waals surface area (Å²) in [6, 6.07) is 13.0. The molecule has 94 valence electrons. The number of hydrogen-bond acceptors (Lipinski definition) is 3. The van der Waals surface area contributed by atoms with Crippen LogP contribution in [0.2, 0.25) is 0 Å². The van der Waals surface area contributed by atoms with Gasteiger partial charge in [-0.3, -0.25) is 4.90 Å². The molecule has 1 unspecified atom stereocenters. The lowest BCUT2D eigenvalue weighted by molar-refractivity contribution is -0.0556. The largest absolute Gasteiger partial charge is 0.374 e. The Labute approximate surface area is 108 Å². The molecule has 18 heavy (non-hydrogen) atoms. The zero-order valence-corrected chi connectivity index (χ0v) is 10.5. The van der Waals surface area contributed by atoms with Gasteiger partial charge in [-0.25, -0.2) is 0 Å². The molecule has 0 N–H and O–H groups in total. The van der Waals surface area contributed by atoms with E-state index in [9.17, 15) is 5.26 Å². The van der Waals surface area contributed by atoms with Gasteiger partial charge in [0.15, 0.2) is 0 Å². The van der Waals surface area contributed by atoms with Crippen molar-refractivity contribution in [2.75, 3.05) is 19.7 Å². The molecule has 3 nitrogen and oxygen atoms in total. The zero-order valence-electron chi connectivity index (χ0n) is 10.5. The second-order valence-corrected chi connectivity index (χ2v) is 5.35. The van der Waals surface area contributed by atoms with Crippen molar-refractivity contribution in [3.63, 3.8) is 0 Å².